The van der Waals surface area contributed by atoms with E-state index in [0.29, 0.717) is 23.4 Å². The summed E-state index contributed by atoms with van der Waals surface area (Å²) in [5.41, 5.74) is -0.401. The third-order valence-corrected chi connectivity index (χ3v) is 8.54. The number of anilines is 2. The van der Waals surface area contributed by atoms with Gasteiger partial charge in [-0.2, -0.15) is 18.2 Å². The Bertz CT molecular complexity index is 1610. The van der Waals surface area contributed by atoms with Gasteiger partial charge >= 0.3 is 6.18 Å². The van der Waals surface area contributed by atoms with E-state index >= 15 is 0 Å². The molecule has 0 bridgehead atoms. The molecule has 3 atom stereocenters. The molecule has 1 fully saturated rings. The Morgan fingerprint density at radius 3 is 2.50 bits per heavy atom. The molecule has 0 aliphatic heterocycles. The van der Waals surface area contributed by atoms with Crippen molar-refractivity contribution in [1.29, 1.82) is 0 Å². The van der Waals surface area contributed by atoms with Gasteiger partial charge in [0.15, 0.2) is 0 Å². The molecule has 2 heterocycles. The van der Waals surface area contributed by atoms with Crippen molar-refractivity contribution in [3.63, 3.8) is 0 Å². The topological polar surface area (TPSA) is 129 Å². The smallest absolute Gasteiger partial charge is 0.390 e. The van der Waals surface area contributed by atoms with Gasteiger partial charge in [0.05, 0.1) is 24.0 Å². The highest BCUT2D eigenvalue weighted by molar-refractivity contribution is 7.92. The van der Waals surface area contributed by atoms with E-state index < -0.39 is 51.5 Å². The Kier molecular flexibility index (Phi) is 9.14. The molecule has 0 amide bonds. The Morgan fingerprint density at radius 2 is 1.90 bits per heavy atom. The third-order valence-electron chi connectivity index (χ3n) is 7.27. The zero-order valence-electron chi connectivity index (χ0n) is 23.6. The molecule has 0 spiro atoms. The number of aliphatic hydroxyl groups is 1. The Hall–Kier alpha value is -3.30. The lowest BCUT2D eigenvalue weighted by atomic mass is 9.88. The van der Waals surface area contributed by atoms with Crippen molar-refractivity contribution in [2.24, 2.45) is 0 Å². The van der Waals surface area contributed by atoms with Crippen LogP contribution in [0.3, 0.4) is 0 Å². The molecule has 0 saturated heterocycles. The van der Waals surface area contributed by atoms with Gasteiger partial charge in [-0.1, -0.05) is 6.07 Å². The average Bonchev–Trinajstić information content (AvgIpc) is 2.87. The quantitative estimate of drug-likeness (QED) is 0.307. The second-order valence-electron chi connectivity index (χ2n) is 11.0. The summed E-state index contributed by atoms with van der Waals surface area (Å²) < 4.78 is 79.5. The summed E-state index contributed by atoms with van der Waals surface area (Å²) in [6.45, 7) is 3.58. The van der Waals surface area contributed by atoms with Crippen LogP contribution in [-0.2, 0) is 10.0 Å². The fourth-order valence-corrected chi connectivity index (χ4v) is 6.26. The lowest BCUT2D eigenvalue weighted by Gasteiger charge is -2.37. The van der Waals surface area contributed by atoms with Gasteiger partial charge in [0.1, 0.15) is 11.5 Å². The van der Waals surface area contributed by atoms with Gasteiger partial charge in [0.25, 0.3) is 5.56 Å². The van der Waals surface area contributed by atoms with E-state index in [4.69, 9.17) is 0 Å². The van der Waals surface area contributed by atoms with E-state index in [1.165, 1.54) is 22.9 Å². The molecular weight excluding hydrogens is 580 g/mol. The number of alkyl halides is 3. The molecule has 1 aliphatic carbocycles. The molecule has 10 nitrogen and oxygen atoms in total. The molecular formula is C27H34F4N6O4S. The summed E-state index contributed by atoms with van der Waals surface area (Å²) in [5.74, 6) is -2.01. The average molecular weight is 615 g/mol. The van der Waals surface area contributed by atoms with Gasteiger partial charge in [-0.05, 0) is 71.0 Å². The van der Waals surface area contributed by atoms with Gasteiger partial charge in [-0.25, -0.2) is 17.8 Å². The monoisotopic (exact) mass is 614 g/mol. The maximum Gasteiger partial charge on any atom is 0.390 e. The van der Waals surface area contributed by atoms with Crippen LogP contribution in [0, 0.1) is 5.82 Å². The highest BCUT2D eigenvalue weighted by atomic mass is 32.2. The standard InChI is InChI=1S/C27H34F4N6O4S/c1-15(2)37-24-17(14-32-26(34-24)33-18-6-8-22(36(3)4)23(38)13-18)11-19(25(37)39)16-5-7-21(20(28)12-16)35-42(40,41)10-9-27(29,30)31/h5,7,11-12,14-15,18,22-23,35,38H,6,8-10,13H2,1-4H3,(H,32,33,34)/t18-,22-,23-/m0/s1. The summed E-state index contributed by atoms with van der Waals surface area (Å²) in [6.07, 6.45) is -3.12. The number of fused-ring (bicyclic) bond motifs is 1. The van der Waals surface area contributed by atoms with Crippen LogP contribution in [0.4, 0.5) is 29.2 Å². The summed E-state index contributed by atoms with van der Waals surface area (Å²) in [4.78, 5) is 24.6. The molecule has 15 heteroatoms. The van der Waals surface area contributed by atoms with Crippen LogP contribution in [0.1, 0.15) is 45.6 Å². The molecule has 1 aromatic carbocycles. The third kappa shape index (κ3) is 7.36. The second-order valence-corrected chi connectivity index (χ2v) is 12.9. The van der Waals surface area contributed by atoms with Gasteiger partial charge in [0, 0.05) is 35.3 Å². The fourth-order valence-electron chi connectivity index (χ4n) is 5.16. The number of pyridine rings is 1. The Labute approximate surface area is 240 Å². The van der Waals surface area contributed by atoms with Crippen molar-refractivity contribution in [3.8, 4) is 11.1 Å². The van der Waals surface area contributed by atoms with Crippen LogP contribution in [0.2, 0.25) is 0 Å². The minimum atomic E-state index is -4.68. The number of hydrogen-bond acceptors (Lipinski definition) is 8. The highest BCUT2D eigenvalue weighted by Crippen LogP contribution is 2.28. The first-order valence-electron chi connectivity index (χ1n) is 13.4. The van der Waals surface area contributed by atoms with E-state index in [2.05, 4.69) is 15.3 Å². The summed E-state index contributed by atoms with van der Waals surface area (Å²) in [7, 11) is -0.600. The van der Waals surface area contributed by atoms with Crippen LogP contribution < -0.4 is 15.6 Å². The number of aromatic nitrogens is 3. The van der Waals surface area contributed by atoms with Crippen molar-refractivity contribution >= 4 is 32.7 Å². The Morgan fingerprint density at radius 1 is 1.19 bits per heavy atom. The summed E-state index contributed by atoms with van der Waals surface area (Å²) in [6, 6.07) is 4.49. The predicted molar refractivity (Wildman–Crippen MR) is 152 cm³/mol. The lowest BCUT2D eigenvalue weighted by molar-refractivity contribution is -0.129. The molecule has 1 saturated carbocycles. The van der Waals surface area contributed by atoms with Crippen LogP contribution in [0.25, 0.3) is 22.2 Å². The largest absolute Gasteiger partial charge is 0.391 e. The molecule has 4 rings (SSSR count). The maximum atomic E-state index is 14.9. The normalized spacial score (nSPS) is 19.9. The molecule has 0 radical (unpaired) electrons. The first-order valence-corrected chi connectivity index (χ1v) is 15.1. The molecule has 2 aromatic heterocycles. The van der Waals surface area contributed by atoms with E-state index in [9.17, 15) is 35.9 Å². The number of halogens is 4. The Balaban J connectivity index is 1.62. The zero-order valence-corrected chi connectivity index (χ0v) is 24.4. The van der Waals surface area contributed by atoms with Crippen LogP contribution in [0.5, 0.6) is 0 Å². The summed E-state index contributed by atoms with van der Waals surface area (Å²) in [5, 5.41) is 14.3. The number of nitrogens with one attached hydrogen (secondary N) is 2. The van der Waals surface area contributed by atoms with Gasteiger partial charge in [-0.3, -0.25) is 14.1 Å². The van der Waals surface area contributed by atoms with Gasteiger partial charge in [-0.15, -0.1) is 0 Å². The maximum absolute atomic E-state index is 14.9. The zero-order chi connectivity index (χ0) is 31.0. The number of likely N-dealkylation sites (N-methyl/N-ethyl adjacent to an activating group) is 1. The van der Waals surface area contributed by atoms with Crippen molar-refractivity contribution in [3.05, 3.63) is 46.6 Å². The van der Waals surface area contributed by atoms with Crippen molar-refractivity contribution in [2.75, 3.05) is 29.9 Å². The molecule has 3 aromatic rings. The van der Waals surface area contributed by atoms with Gasteiger partial charge < -0.3 is 15.3 Å². The SMILES string of the molecule is CC(C)n1c(=O)c(-c2ccc(NS(=O)(=O)CCC(F)(F)F)c(F)c2)cc2cnc(N[C@H]3CC[C@H](N(C)C)[C@@H](O)C3)nc21. The minimum absolute atomic E-state index is 0.0560. The molecule has 1 aliphatic rings. The highest BCUT2D eigenvalue weighted by Gasteiger charge is 2.31. The number of rotatable bonds is 9. The van der Waals surface area contributed by atoms with Gasteiger partial charge in [0.2, 0.25) is 16.0 Å². The molecule has 3 N–H and O–H groups in total. The van der Waals surface area contributed by atoms with E-state index in [-0.39, 0.29) is 29.3 Å². The van der Waals surface area contributed by atoms with Crippen LogP contribution in [0.15, 0.2) is 35.3 Å². The van der Waals surface area contributed by atoms with Crippen LogP contribution in [-0.4, -0.2) is 77.2 Å². The first-order chi connectivity index (χ1) is 19.5. The van der Waals surface area contributed by atoms with E-state index in [1.54, 1.807) is 13.8 Å². The number of sulfonamides is 1. The first kappa shape index (κ1) is 31.6. The molecule has 42 heavy (non-hydrogen) atoms. The number of nitrogens with zero attached hydrogens (tertiary/aromatic N) is 4. The summed E-state index contributed by atoms with van der Waals surface area (Å²) >= 11 is 0. The van der Waals surface area contributed by atoms with Crippen molar-refractivity contribution < 1.29 is 31.1 Å². The number of benzene rings is 1. The number of hydrogen-bond donors (Lipinski definition) is 3. The fraction of sp³-hybridized carbons (Fsp3) is 0.519. The van der Waals surface area contributed by atoms with Crippen molar-refractivity contribution in [1.82, 2.24) is 19.4 Å². The molecule has 230 valence electrons. The van der Waals surface area contributed by atoms with E-state index in [0.717, 1.165) is 25.0 Å². The van der Waals surface area contributed by atoms with Crippen molar-refractivity contribution in [2.45, 2.75) is 69.9 Å². The predicted octanol–water partition coefficient (Wildman–Crippen LogP) is 4.13. The second kappa shape index (κ2) is 12.1. The van der Waals surface area contributed by atoms with E-state index in [1.807, 2.05) is 23.7 Å². The minimum Gasteiger partial charge on any atom is -0.391 e. The molecule has 0 unspecified atom stereocenters. The lowest BCUT2D eigenvalue weighted by Crippen LogP contribution is -2.46. The van der Waals surface area contributed by atoms with Crippen LogP contribution >= 0.6 is 0 Å². The number of aliphatic hydroxyl groups excluding tert-OH is 1.